The highest BCUT2D eigenvalue weighted by Crippen LogP contribution is 2.30. The van der Waals surface area contributed by atoms with Gasteiger partial charge in [0.15, 0.2) is 0 Å². The van der Waals surface area contributed by atoms with Crippen LogP contribution in [-0.4, -0.2) is 37.3 Å². The van der Waals surface area contributed by atoms with Crippen LogP contribution in [0.4, 0.5) is 19.0 Å². The van der Waals surface area contributed by atoms with Crippen molar-refractivity contribution in [2.45, 2.75) is 38.0 Å². The van der Waals surface area contributed by atoms with E-state index < -0.39 is 11.9 Å². The zero-order valence-electron chi connectivity index (χ0n) is 16.3. The second-order valence-electron chi connectivity index (χ2n) is 7.10. The van der Waals surface area contributed by atoms with E-state index in [0.717, 1.165) is 11.6 Å². The molecule has 2 heterocycles. The van der Waals surface area contributed by atoms with Crippen LogP contribution >= 0.6 is 0 Å². The molecule has 1 aromatic carbocycles. The van der Waals surface area contributed by atoms with Crippen molar-refractivity contribution in [1.29, 1.82) is 0 Å². The van der Waals surface area contributed by atoms with Gasteiger partial charge in [-0.15, -0.1) is 0 Å². The molecule has 8 heteroatoms. The summed E-state index contributed by atoms with van der Waals surface area (Å²) < 4.78 is 49.3. The van der Waals surface area contributed by atoms with Gasteiger partial charge in [0.25, 0.3) is 0 Å². The number of carbonyl (C=O) groups excluding carboxylic acids is 1. The lowest BCUT2D eigenvalue weighted by atomic mass is 9.98. The molecular formula is C21H23F3N2O3. The number of halogens is 3. The summed E-state index contributed by atoms with van der Waals surface area (Å²) in [5, 5.41) is 0. The third-order valence-electron chi connectivity index (χ3n) is 4.95. The molecular weight excluding hydrogens is 385 g/mol. The van der Waals surface area contributed by atoms with Crippen LogP contribution in [0.15, 0.2) is 42.5 Å². The molecule has 0 saturated carbocycles. The number of benzene rings is 1. The number of aromatic nitrogens is 1. The number of hydrogen-bond acceptors (Lipinski definition) is 5. The number of methoxy groups -OCH3 is 1. The summed E-state index contributed by atoms with van der Waals surface area (Å²) in [5.74, 6) is 0.762. The fourth-order valence-corrected chi connectivity index (χ4v) is 3.31. The predicted octanol–water partition coefficient (Wildman–Crippen LogP) is 4.42. The molecule has 1 saturated heterocycles. The van der Waals surface area contributed by atoms with Crippen LogP contribution in [0.3, 0.4) is 0 Å². The number of nitrogens with zero attached hydrogens (tertiary/aromatic N) is 2. The zero-order valence-corrected chi connectivity index (χ0v) is 16.3. The Labute approximate surface area is 167 Å². The number of rotatable bonds is 6. The highest BCUT2D eigenvalue weighted by Gasteiger charge is 2.33. The smallest absolute Gasteiger partial charge is 0.433 e. The second-order valence-corrected chi connectivity index (χ2v) is 7.10. The van der Waals surface area contributed by atoms with E-state index in [1.165, 1.54) is 13.2 Å². The molecule has 1 aliphatic rings. The minimum atomic E-state index is -4.46. The largest absolute Gasteiger partial charge is 0.489 e. The highest BCUT2D eigenvalue weighted by atomic mass is 19.4. The van der Waals surface area contributed by atoms with Crippen LogP contribution in [0.25, 0.3) is 0 Å². The lowest BCUT2D eigenvalue weighted by molar-refractivity contribution is -0.141. The molecule has 0 bridgehead atoms. The Morgan fingerprint density at radius 3 is 2.62 bits per heavy atom. The van der Waals surface area contributed by atoms with Gasteiger partial charge in [0.1, 0.15) is 23.4 Å². The van der Waals surface area contributed by atoms with E-state index in [2.05, 4.69) is 4.98 Å². The molecule has 0 aliphatic carbocycles. The van der Waals surface area contributed by atoms with E-state index >= 15 is 0 Å². The lowest BCUT2D eigenvalue weighted by Crippen LogP contribution is -2.25. The first-order chi connectivity index (χ1) is 13.8. The van der Waals surface area contributed by atoms with Gasteiger partial charge in [-0.1, -0.05) is 25.1 Å². The first-order valence-corrected chi connectivity index (χ1v) is 9.39. The molecule has 0 radical (unpaired) electrons. The highest BCUT2D eigenvalue weighted by molar-refractivity contribution is 5.70. The van der Waals surface area contributed by atoms with Crippen LogP contribution in [0.2, 0.25) is 0 Å². The number of alkyl halides is 3. The first kappa shape index (κ1) is 21.0. The Bertz CT molecular complexity index is 840. The Balaban J connectivity index is 1.58. The van der Waals surface area contributed by atoms with Crippen molar-refractivity contribution >= 4 is 11.8 Å². The van der Waals surface area contributed by atoms with Crippen LogP contribution in [-0.2, 0) is 15.7 Å². The van der Waals surface area contributed by atoms with Crippen LogP contribution in [0.1, 0.15) is 36.9 Å². The van der Waals surface area contributed by atoms with Crippen molar-refractivity contribution in [3.63, 3.8) is 0 Å². The molecule has 2 atom stereocenters. The van der Waals surface area contributed by atoms with E-state index in [9.17, 15) is 18.0 Å². The normalized spacial score (nSPS) is 17.8. The lowest BCUT2D eigenvalue weighted by Gasteiger charge is -2.19. The van der Waals surface area contributed by atoms with Crippen LogP contribution in [0.5, 0.6) is 5.75 Å². The van der Waals surface area contributed by atoms with Crippen molar-refractivity contribution in [2.24, 2.45) is 0 Å². The van der Waals surface area contributed by atoms with E-state index in [1.54, 1.807) is 11.0 Å². The van der Waals surface area contributed by atoms with Gasteiger partial charge in [0.2, 0.25) is 0 Å². The average molecular weight is 408 g/mol. The summed E-state index contributed by atoms with van der Waals surface area (Å²) in [6, 6.07) is 11.4. The molecule has 3 rings (SSSR count). The van der Waals surface area contributed by atoms with Crippen molar-refractivity contribution in [3.05, 3.63) is 53.7 Å². The van der Waals surface area contributed by atoms with Crippen molar-refractivity contribution in [3.8, 4) is 5.75 Å². The monoisotopic (exact) mass is 408 g/mol. The summed E-state index contributed by atoms with van der Waals surface area (Å²) in [6.07, 6.45) is -3.60. The Morgan fingerprint density at radius 2 is 1.97 bits per heavy atom. The Hall–Kier alpha value is -2.77. The minimum Gasteiger partial charge on any atom is -0.489 e. The van der Waals surface area contributed by atoms with Gasteiger partial charge in [-0.3, -0.25) is 4.79 Å². The van der Waals surface area contributed by atoms with Gasteiger partial charge in [0, 0.05) is 13.0 Å². The van der Waals surface area contributed by atoms with Crippen molar-refractivity contribution in [1.82, 2.24) is 4.98 Å². The average Bonchev–Trinajstić information content (AvgIpc) is 3.16. The Morgan fingerprint density at radius 1 is 1.24 bits per heavy atom. The quantitative estimate of drug-likeness (QED) is 0.662. The van der Waals surface area contributed by atoms with Gasteiger partial charge >= 0.3 is 12.1 Å². The summed E-state index contributed by atoms with van der Waals surface area (Å²) >= 11 is 0. The summed E-state index contributed by atoms with van der Waals surface area (Å²) in [7, 11) is 1.37. The number of ether oxygens (including phenoxy) is 2. The fraction of sp³-hybridized carbons (Fsp3) is 0.429. The van der Waals surface area contributed by atoms with Gasteiger partial charge in [-0.05, 0) is 35.7 Å². The first-order valence-electron chi connectivity index (χ1n) is 9.39. The van der Waals surface area contributed by atoms with Gasteiger partial charge in [0.05, 0.1) is 20.1 Å². The number of esters is 1. The van der Waals surface area contributed by atoms with E-state index in [4.69, 9.17) is 9.47 Å². The maximum absolute atomic E-state index is 12.9. The van der Waals surface area contributed by atoms with E-state index in [0.29, 0.717) is 37.5 Å². The molecule has 0 N–H and O–H groups in total. The molecule has 1 unspecified atom stereocenters. The topological polar surface area (TPSA) is 51.7 Å². The molecule has 0 spiro atoms. The standard InChI is InChI=1S/C21H23F3N2O3/c1-14(12-20(27)28-2)15-6-8-16(9-7-15)29-17-10-11-26(13-17)19-5-3-4-18(25-19)21(22,23)24/h3-9,14,17H,10-13H2,1-2H3/t14-,17?/m1/s1. The SMILES string of the molecule is COC(=O)C[C@@H](C)c1ccc(OC2CCN(c3cccc(C(F)(F)F)n3)C2)cc1. The molecule has 2 aromatic rings. The zero-order chi connectivity index (χ0) is 21.0. The third-order valence-corrected chi connectivity index (χ3v) is 4.95. The molecule has 1 aliphatic heterocycles. The number of hydrogen-bond donors (Lipinski definition) is 0. The molecule has 156 valence electrons. The van der Waals surface area contributed by atoms with Crippen molar-refractivity contribution in [2.75, 3.05) is 25.1 Å². The van der Waals surface area contributed by atoms with E-state index in [-0.39, 0.29) is 18.0 Å². The van der Waals surface area contributed by atoms with Gasteiger partial charge in [-0.2, -0.15) is 13.2 Å². The third kappa shape index (κ3) is 5.40. The maximum Gasteiger partial charge on any atom is 0.433 e. The van der Waals surface area contributed by atoms with Crippen LogP contribution in [0, 0.1) is 0 Å². The second kappa shape index (κ2) is 8.71. The summed E-state index contributed by atoms with van der Waals surface area (Å²) in [4.78, 5) is 16.9. The predicted molar refractivity (Wildman–Crippen MR) is 102 cm³/mol. The minimum absolute atomic E-state index is 0.0328. The summed E-state index contributed by atoms with van der Waals surface area (Å²) in [6.45, 7) is 2.99. The number of anilines is 1. The van der Waals surface area contributed by atoms with Crippen LogP contribution < -0.4 is 9.64 Å². The molecule has 1 fully saturated rings. The van der Waals surface area contributed by atoms with Gasteiger partial charge < -0.3 is 14.4 Å². The molecule has 29 heavy (non-hydrogen) atoms. The van der Waals surface area contributed by atoms with Crippen molar-refractivity contribution < 1.29 is 27.4 Å². The molecule has 1 aromatic heterocycles. The summed E-state index contributed by atoms with van der Waals surface area (Å²) in [5.41, 5.74) is 0.111. The molecule has 5 nitrogen and oxygen atoms in total. The number of carbonyl (C=O) groups is 1. The fourth-order valence-electron chi connectivity index (χ4n) is 3.31. The number of pyridine rings is 1. The molecule has 0 amide bonds. The van der Waals surface area contributed by atoms with E-state index in [1.807, 2.05) is 31.2 Å². The Kier molecular flexibility index (Phi) is 6.30. The van der Waals surface area contributed by atoms with Gasteiger partial charge in [-0.25, -0.2) is 4.98 Å². The maximum atomic E-state index is 12.9.